The average molecular weight is 340 g/mol. The number of halogens is 2. The van der Waals surface area contributed by atoms with Crippen molar-refractivity contribution < 1.29 is 26.7 Å². The maximum atomic E-state index is 13.7. The molecule has 122 valence electrons. The molecule has 0 spiro atoms. The van der Waals surface area contributed by atoms with Gasteiger partial charge in [-0.25, -0.2) is 22.0 Å². The van der Waals surface area contributed by atoms with E-state index in [1.807, 2.05) is 0 Å². The average Bonchev–Trinajstić information content (AvgIpc) is 2.48. The van der Waals surface area contributed by atoms with Crippen LogP contribution in [0.1, 0.15) is 28.9 Å². The predicted molar refractivity (Wildman–Crippen MR) is 79.7 cm³/mol. The zero-order valence-electron chi connectivity index (χ0n) is 12.4. The highest BCUT2D eigenvalue weighted by atomic mass is 32.2. The predicted octanol–water partition coefficient (Wildman–Crippen LogP) is 3.29. The van der Waals surface area contributed by atoms with Crippen molar-refractivity contribution in [2.75, 3.05) is 6.26 Å². The second-order valence-electron chi connectivity index (χ2n) is 4.98. The first-order valence-corrected chi connectivity index (χ1v) is 8.54. The first-order chi connectivity index (χ1) is 10.7. The number of carbonyl (C=O) groups excluding carboxylic acids is 1. The van der Waals surface area contributed by atoms with E-state index in [1.54, 1.807) is 0 Å². The number of ether oxygens (including phenoxy) is 1. The first-order valence-electron chi connectivity index (χ1n) is 6.65. The second-order valence-corrected chi connectivity index (χ2v) is 6.97. The summed E-state index contributed by atoms with van der Waals surface area (Å²) < 4.78 is 55.4. The maximum Gasteiger partial charge on any atom is 0.340 e. The van der Waals surface area contributed by atoms with Crippen LogP contribution in [0.2, 0.25) is 0 Å². The van der Waals surface area contributed by atoms with Gasteiger partial charge in [0.25, 0.3) is 0 Å². The van der Waals surface area contributed by atoms with Crippen molar-refractivity contribution in [1.29, 1.82) is 0 Å². The van der Waals surface area contributed by atoms with E-state index in [1.165, 1.54) is 31.2 Å². The van der Waals surface area contributed by atoms with E-state index in [2.05, 4.69) is 0 Å². The van der Waals surface area contributed by atoms with Crippen LogP contribution in [-0.4, -0.2) is 20.6 Å². The van der Waals surface area contributed by atoms with Crippen LogP contribution in [0.15, 0.2) is 47.4 Å². The molecule has 0 aliphatic heterocycles. The van der Waals surface area contributed by atoms with Crippen LogP contribution in [0.3, 0.4) is 0 Å². The lowest BCUT2D eigenvalue weighted by Gasteiger charge is -2.15. The van der Waals surface area contributed by atoms with Gasteiger partial charge >= 0.3 is 5.97 Å². The summed E-state index contributed by atoms with van der Waals surface area (Å²) in [7, 11) is -3.63. The standard InChI is InChI=1S/C16H14F2O4S/c1-10(13-9-11(17)7-8-14(13)18)22-16(19)12-5-3-4-6-15(12)23(2,20)21/h3-10H,1-2H3/t10-/m0/s1. The molecule has 2 aromatic carbocycles. The lowest BCUT2D eigenvalue weighted by Crippen LogP contribution is -2.14. The van der Waals surface area contributed by atoms with Crippen molar-refractivity contribution in [3.8, 4) is 0 Å². The number of carbonyl (C=O) groups is 1. The molecule has 0 amide bonds. The van der Waals surface area contributed by atoms with E-state index in [4.69, 9.17) is 4.74 Å². The number of hydrogen-bond acceptors (Lipinski definition) is 4. The van der Waals surface area contributed by atoms with Crippen molar-refractivity contribution in [3.63, 3.8) is 0 Å². The highest BCUT2D eigenvalue weighted by Crippen LogP contribution is 2.24. The fraction of sp³-hybridized carbons (Fsp3) is 0.188. The van der Waals surface area contributed by atoms with E-state index in [0.717, 1.165) is 24.5 Å². The van der Waals surface area contributed by atoms with Gasteiger partial charge in [0.05, 0.1) is 10.5 Å². The quantitative estimate of drug-likeness (QED) is 0.802. The molecule has 0 aromatic heterocycles. The molecule has 0 bridgehead atoms. The minimum atomic E-state index is -3.63. The van der Waals surface area contributed by atoms with E-state index >= 15 is 0 Å². The van der Waals surface area contributed by atoms with Crippen LogP contribution in [0.4, 0.5) is 8.78 Å². The summed E-state index contributed by atoms with van der Waals surface area (Å²) in [6.45, 7) is 1.37. The van der Waals surface area contributed by atoms with E-state index in [-0.39, 0.29) is 16.0 Å². The van der Waals surface area contributed by atoms with Crippen molar-refractivity contribution in [2.24, 2.45) is 0 Å². The van der Waals surface area contributed by atoms with Gasteiger partial charge in [0.15, 0.2) is 9.84 Å². The van der Waals surface area contributed by atoms with Gasteiger partial charge in [-0.05, 0) is 37.3 Å². The zero-order valence-corrected chi connectivity index (χ0v) is 13.2. The Morgan fingerprint density at radius 1 is 1.13 bits per heavy atom. The first kappa shape index (κ1) is 17.1. The van der Waals surface area contributed by atoms with Crippen molar-refractivity contribution in [3.05, 3.63) is 65.2 Å². The monoisotopic (exact) mass is 340 g/mol. The summed E-state index contributed by atoms with van der Waals surface area (Å²) in [5.74, 6) is -2.31. The Balaban J connectivity index is 2.31. The Kier molecular flexibility index (Phi) is 4.79. The molecular formula is C16H14F2O4S. The van der Waals surface area contributed by atoms with Crippen LogP contribution in [0.5, 0.6) is 0 Å². The molecule has 0 saturated carbocycles. The topological polar surface area (TPSA) is 60.4 Å². The molecule has 1 atom stereocenters. The van der Waals surface area contributed by atoms with Gasteiger partial charge in [0, 0.05) is 11.8 Å². The lowest BCUT2D eigenvalue weighted by molar-refractivity contribution is 0.0326. The summed E-state index contributed by atoms with van der Waals surface area (Å²) in [5, 5.41) is 0. The van der Waals surface area contributed by atoms with E-state index in [0.29, 0.717) is 0 Å². The maximum absolute atomic E-state index is 13.7. The molecule has 0 aliphatic carbocycles. The fourth-order valence-electron chi connectivity index (χ4n) is 2.07. The van der Waals surface area contributed by atoms with Crippen LogP contribution < -0.4 is 0 Å². The molecule has 0 N–H and O–H groups in total. The molecule has 7 heteroatoms. The number of esters is 1. The van der Waals surface area contributed by atoms with Crippen LogP contribution in [0, 0.1) is 11.6 Å². The minimum Gasteiger partial charge on any atom is -0.454 e. The molecule has 0 saturated heterocycles. The third kappa shape index (κ3) is 3.92. The van der Waals surface area contributed by atoms with E-state index < -0.39 is 33.5 Å². The molecule has 0 heterocycles. The highest BCUT2D eigenvalue weighted by molar-refractivity contribution is 7.90. The van der Waals surface area contributed by atoms with Gasteiger partial charge in [-0.1, -0.05) is 12.1 Å². The smallest absolute Gasteiger partial charge is 0.340 e. The van der Waals surface area contributed by atoms with Gasteiger partial charge in [0.1, 0.15) is 17.7 Å². The largest absolute Gasteiger partial charge is 0.454 e. The summed E-state index contributed by atoms with van der Waals surface area (Å²) >= 11 is 0. The summed E-state index contributed by atoms with van der Waals surface area (Å²) in [4.78, 5) is 12.0. The Labute approximate surface area is 132 Å². The zero-order chi connectivity index (χ0) is 17.2. The Hall–Kier alpha value is -2.28. The van der Waals surface area contributed by atoms with Crippen LogP contribution >= 0.6 is 0 Å². The second kappa shape index (κ2) is 6.45. The van der Waals surface area contributed by atoms with Gasteiger partial charge in [0.2, 0.25) is 0 Å². The Bertz CT molecular complexity index is 847. The number of benzene rings is 2. The Morgan fingerprint density at radius 2 is 1.78 bits per heavy atom. The van der Waals surface area contributed by atoms with Gasteiger partial charge in [-0.3, -0.25) is 0 Å². The number of rotatable bonds is 4. The molecule has 0 aliphatic rings. The lowest BCUT2D eigenvalue weighted by atomic mass is 10.1. The van der Waals surface area contributed by atoms with Gasteiger partial charge in [-0.15, -0.1) is 0 Å². The third-order valence-corrected chi connectivity index (χ3v) is 4.34. The molecule has 2 rings (SSSR count). The number of hydrogen-bond donors (Lipinski definition) is 0. The molecule has 4 nitrogen and oxygen atoms in total. The van der Waals surface area contributed by atoms with Crippen molar-refractivity contribution in [2.45, 2.75) is 17.9 Å². The summed E-state index contributed by atoms with van der Waals surface area (Å²) in [6.07, 6.45) is -0.111. The molecule has 2 aromatic rings. The molecule has 23 heavy (non-hydrogen) atoms. The molecule has 0 unspecified atom stereocenters. The van der Waals surface area contributed by atoms with Crippen LogP contribution in [0.25, 0.3) is 0 Å². The highest BCUT2D eigenvalue weighted by Gasteiger charge is 2.22. The van der Waals surface area contributed by atoms with E-state index in [9.17, 15) is 22.0 Å². The normalized spacial score (nSPS) is 12.7. The van der Waals surface area contributed by atoms with Crippen LogP contribution in [-0.2, 0) is 14.6 Å². The minimum absolute atomic E-state index is 0.129. The van der Waals surface area contributed by atoms with Gasteiger partial charge < -0.3 is 4.74 Å². The fourth-order valence-corrected chi connectivity index (χ4v) is 2.95. The molecule has 0 fully saturated rings. The van der Waals surface area contributed by atoms with Crippen molar-refractivity contribution >= 4 is 15.8 Å². The number of sulfone groups is 1. The Morgan fingerprint density at radius 3 is 2.43 bits per heavy atom. The van der Waals surface area contributed by atoms with Gasteiger partial charge in [-0.2, -0.15) is 0 Å². The summed E-state index contributed by atoms with van der Waals surface area (Å²) in [5.41, 5.74) is -0.283. The third-order valence-electron chi connectivity index (χ3n) is 3.19. The summed E-state index contributed by atoms with van der Waals surface area (Å²) in [6, 6.07) is 8.34. The van der Waals surface area contributed by atoms with Crippen molar-refractivity contribution in [1.82, 2.24) is 0 Å². The molecule has 0 radical (unpaired) electrons. The molecular weight excluding hydrogens is 326 g/mol. The SMILES string of the molecule is C[C@H](OC(=O)c1ccccc1S(C)(=O)=O)c1cc(F)ccc1F.